The predicted octanol–water partition coefficient (Wildman–Crippen LogP) is 2.03. The summed E-state index contributed by atoms with van der Waals surface area (Å²) in [6.07, 6.45) is 4.04. The van der Waals surface area contributed by atoms with E-state index in [0.29, 0.717) is 18.9 Å². The Kier molecular flexibility index (Phi) is 6.79. The van der Waals surface area contributed by atoms with E-state index in [1.54, 1.807) is 39.9 Å². The molecule has 0 radical (unpaired) electrons. The third kappa shape index (κ3) is 4.57. The molecule has 0 unspecified atom stereocenters. The van der Waals surface area contributed by atoms with Crippen molar-refractivity contribution in [2.24, 2.45) is 16.6 Å². The fraction of sp³-hybridized carbons (Fsp3) is 0.389. The first kappa shape index (κ1) is 21.1. The highest BCUT2D eigenvalue weighted by Gasteiger charge is 2.39. The number of nitrogens with zero attached hydrogens (tertiary/aromatic N) is 5. The summed E-state index contributed by atoms with van der Waals surface area (Å²) in [5.41, 5.74) is 7.55. The van der Waals surface area contributed by atoms with Gasteiger partial charge in [-0.25, -0.2) is 9.07 Å². The number of benzene rings is 1. The van der Waals surface area contributed by atoms with Gasteiger partial charge in [0, 0.05) is 51.8 Å². The van der Waals surface area contributed by atoms with Gasteiger partial charge in [-0.2, -0.15) is 5.10 Å². The van der Waals surface area contributed by atoms with Crippen molar-refractivity contribution in [3.05, 3.63) is 48.0 Å². The van der Waals surface area contributed by atoms with Crippen LogP contribution in [0.3, 0.4) is 0 Å². The number of carbonyl (C=O) groups is 1. The van der Waals surface area contributed by atoms with Gasteiger partial charge in [-0.15, -0.1) is 24.0 Å². The standard InChI is InChI=1S/C18H23FN6O.HI/c1-23(2)18(20)21-9-12-8-16(26)24(3)17(12)13-10-22-25(11-13)15-6-4-14(19)5-7-15;/h4-7,10-12,17H,8-9H2,1-3H3,(H2,20,21);1H/t12-,17+;/m0./s1. The van der Waals surface area contributed by atoms with Crippen molar-refractivity contribution in [2.75, 3.05) is 27.7 Å². The molecule has 9 heteroatoms. The number of guanidine groups is 1. The number of aromatic nitrogens is 2. The predicted molar refractivity (Wildman–Crippen MR) is 113 cm³/mol. The van der Waals surface area contributed by atoms with Gasteiger partial charge in [0.1, 0.15) is 5.82 Å². The Morgan fingerprint density at radius 3 is 2.67 bits per heavy atom. The molecule has 1 saturated heterocycles. The largest absolute Gasteiger partial charge is 0.370 e. The first-order valence-electron chi connectivity index (χ1n) is 8.40. The van der Waals surface area contributed by atoms with Crippen LogP contribution in [0, 0.1) is 11.7 Å². The second-order valence-corrected chi connectivity index (χ2v) is 6.70. The highest BCUT2D eigenvalue weighted by atomic mass is 127. The summed E-state index contributed by atoms with van der Waals surface area (Å²) < 4.78 is 14.8. The van der Waals surface area contributed by atoms with Gasteiger partial charge in [0.15, 0.2) is 5.96 Å². The molecule has 1 aliphatic rings. The second-order valence-electron chi connectivity index (χ2n) is 6.70. The Balaban J connectivity index is 0.00000261. The zero-order chi connectivity index (χ0) is 18.8. The number of likely N-dealkylation sites (tertiary alicyclic amines) is 1. The van der Waals surface area contributed by atoms with Crippen molar-refractivity contribution in [3.63, 3.8) is 0 Å². The van der Waals surface area contributed by atoms with Crippen molar-refractivity contribution < 1.29 is 9.18 Å². The van der Waals surface area contributed by atoms with Crippen molar-refractivity contribution in [1.82, 2.24) is 19.6 Å². The van der Waals surface area contributed by atoms with Gasteiger partial charge in [0.25, 0.3) is 0 Å². The Morgan fingerprint density at radius 1 is 1.37 bits per heavy atom. The Hall–Kier alpha value is -2.17. The molecule has 27 heavy (non-hydrogen) atoms. The minimum absolute atomic E-state index is 0. The van der Waals surface area contributed by atoms with Crippen LogP contribution in [0.2, 0.25) is 0 Å². The van der Waals surface area contributed by atoms with Crippen LogP contribution in [0.15, 0.2) is 41.7 Å². The summed E-state index contributed by atoms with van der Waals surface area (Å²) in [6, 6.07) is 5.99. The Morgan fingerprint density at radius 2 is 2.04 bits per heavy atom. The van der Waals surface area contributed by atoms with E-state index in [1.165, 1.54) is 12.1 Å². The zero-order valence-electron chi connectivity index (χ0n) is 15.5. The molecule has 1 aromatic carbocycles. The number of aliphatic imine (C=N–C) groups is 1. The van der Waals surface area contributed by atoms with Crippen LogP contribution in [0.1, 0.15) is 18.0 Å². The normalized spacial score (nSPS) is 19.9. The Bertz CT molecular complexity index is 820. The molecule has 1 fully saturated rings. The fourth-order valence-corrected chi connectivity index (χ4v) is 3.19. The van der Waals surface area contributed by atoms with Gasteiger partial charge in [-0.05, 0) is 24.3 Å². The lowest BCUT2D eigenvalue weighted by atomic mass is 9.96. The maximum atomic E-state index is 13.1. The SMILES string of the molecule is CN(C)C(N)=NC[C@@H]1CC(=O)N(C)[C@H]1c1cnn(-c2ccc(F)cc2)c1.I. The van der Waals surface area contributed by atoms with Gasteiger partial charge in [0.2, 0.25) is 5.91 Å². The number of halogens is 2. The number of rotatable bonds is 4. The molecule has 2 aromatic rings. The number of carbonyl (C=O) groups excluding carboxylic acids is 1. The van der Waals surface area contributed by atoms with Crippen molar-refractivity contribution in [3.8, 4) is 5.69 Å². The first-order chi connectivity index (χ1) is 12.4. The van der Waals surface area contributed by atoms with E-state index >= 15 is 0 Å². The van der Waals surface area contributed by atoms with Crippen LogP contribution < -0.4 is 5.73 Å². The summed E-state index contributed by atoms with van der Waals surface area (Å²) in [5.74, 6) is 0.247. The van der Waals surface area contributed by atoms with Crippen molar-refractivity contribution in [2.45, 2.75) is 12.5 Å². The number of nitrogens with two attached hydrogens (primary N) is 1. The number of amides is 1. The van der Waals surface area contributed by atoms with Crippen LogP contribution in [0.25, 0.3) is 5.69 Å². The van der Waals surface area contributed by atoms with Crippen molar-refractivity contribution >= 4 is 35.8 Å². The molecule has 3 rings (SSSR count). The minimum Gasteiger partial charge on any atom is -0.370 e. The lowest BCUT2D eigenvalue weighted by Crippen LogP contribution is -2.31. The van der Waals surface area contributed by atoms with Crippen LogP contribution in [0.5, 0.6) is 0 Å². The first-order valence-corrected chi connectivity index (χ1v) is 8.40. The lowest BCUT2D eigenvalue weighted by Gasteiger charge is -2.23. The topological polar surface area (TPSA) is 79.8 Å². The average molecular weight is 486 g/mol. The van der Waals surface area contributed by atoms with E-state index in [4.69, 9.17) is 5.73 Å². The molecule has 1 aromatic heterocycles. The van der Waals surface area contributed by atoms with E-state index in [2.05, 4.69) is 10.1 Å². The highest BCUT2D eigenvalue weighted by Crippen LogP contribution is 2.37. The zero-order valence-corrected chi connectivity index (χ0v) is 17.9. The van der Waals surface area contributed by atoms with Crippen molar-refractivity contribution in [1.29, 1.82) is 0 Å². The third-order valence-electron chi connectivity index (χ3n) is 4.68. The maximum absolute atomic E-state index is 13.1. The van der Waals surface area contributed by atoms with Crippen LogP contribution in [-0.4, -0.2) is 59.1 Å². The molecule has 1 aliphatic heterocycles. The molecule has 2 N–H and O–H groups in total. The molecule has 7 nitrogen and oxygen atoms in total. The minimum atomic E-state index is -0.293. The van der Waals surface area contributed by atoms with Crippen LogP contribution >= 0.6 is 24.0 Å². The van der Waals surface area contributed by atoms with E-state index < -0.39 is 0 Å². The number of hydrogen-bond acceptors (Lipinski definition) is 3. The van der Waals surface area contributed by atoms with Gasteiger partial charge in [-0.3, -0.25) is 9.79 Å². The summed E-state index contributed by atoms with van der Waals surface area (Å²) in [6.45, 7) is 0.465. The van der Waals surface area contributed by atoms with E-state index in [1.807, 2.05) is 20.3 Å². The fourth-order valence-electron chi connectivity index (χ4n) is 3.19. The molecule has 0 saturated carbocycles. The van der Waals surface area contributed by atoms with E-state index in [0.717, 1.165) is 11.3 Å². The van der Waals surface area contributed by atoms with E-state index in [-0.39, 0.29) is 47.7 Å². The van der Waals surface area contributed by atoms with Gasteiger partial charge >= 0.3 is 0 Å². The van der Waals surface area contributed by atoms with Crippen LogP contribution in [0.4, 0.5) is 4.39 Å². The molecule has 146 valence electrons. The third-order valence-corrected chi connectivity index (χ3v) is 4.68. The summed E-state index contributed by atoms with van der Waals surface area (Å²) in [4.78, 5) is 20.1. The van der Waals surface area contributed by atoms with Gasteiger partial charge < -0.3 is 15.5 Å². The van der Waals surface area contributed by atoms with Gasteiger partial charge in [0.05, 0.1) is 17.9 Å². The summed E-state index contributed by atoms with van der Waals surface area (Å²) in [7, 11) is 5.45. The molecule has 0 spiro atoms. The summed E-state index contributed by atoms with van der Waals surface area (Å²) in [5, 5.41) is 4.37. The number of hydrogen-bond donors (Lipinski definition) is 1. The van der Waals surface area contributed by atoms with E-state index in [9.17, 15) is 9.18 Å². The molecular weight excluding hydrogens is 462 g/mol. The highest BCUT2D eigenvalue weighted by molar-refractivity contribution is 14.0. The molecular formula is C18H24FIN6O. The molecule has 2 heterocycles. The molecule has 0 aliphatic carbocycles. The maximum Gasteiger partial charge on any atom is 0.223 e. The smallest absolute Gasteiger partial charge is 0.223 e. The monoisotopic (exact) mass is 486 g/mol. The summed E-state index contributed by atoms with van der Waals surface area (Å²) >= 11 is 0. The molecule has 0 bridgehead atoms. The second kappa shape index (κ2) is 8.68. The van der Waals surface area contributed by atoms with Crippen LogP contribution in [-0.2, 0) is 4.79 Å². The average Bonchev–Trinajstić information content (AvgIpc) is 3.18. The Labute approximate surface area is 175 Å². The van der Waals surface area contributed by atoms with Gasteiger partial charge in [-0.1, -0.05) is 0 Å². The quantitative estimate of drug-likeness (QED) is 0.408. The molecule has 1 amide bonds. The lowest BCUT2D eigenvalue weighted by molar-refractivity contribution is -0.127. The molecule has 2 atom stereocenters.